The lowest BCUT2D eigenvalue weighted by atomic mass is 9.87. The zero-order chi connectivity index (χ0) is 14.9. The minimum Gasteiger partial charge on any atom is -0.481 e. The zero-order valence-corrected chi connectivity index (χ0v) is 13.8. The van der Waals surface area contributed by atoms with E-state index in [1.807, 2.05) is 32.0 Å². The van der Waals surface area contributed by atoms with Gasteiger partial charge >= 0.3 is 5.97 Å². The number of benzene rings is 1. The van der Waals surface area contributed by atoms with Crippen LogP contribution in [0.1, 0.15) is 29.3 Å². The second-order valence-electron chi connectivity index (χ2n) is 5.43. The van der Waals surface area contributed by atoms with Crippen LogP contribution in [-0.4, -0.2) is 35.0 Å². The fourth-order valence-electron chi connectivity index (χ4n) is 2.61. The highest BCUT2D eigenvalue weighted by atomic mass is 127. The number of aryl methyl sites for hydroxylation is 1. The van der Waals surface area contributed by atoms with Gasteiger partial charge in [-0.25, -0.2) is 0 Å². The maximum absolute atomic E-state index is 12.5. The molecule has 20 heavy (non-hydrogen) atoms. The van der Waals surface area contributed by atoms with Gasteiger partial charge in [0.25, 0.3) is 5.91 Å². The third-order valence-electron chi connectivity index (χ3n) is 3.93. The SMILES string of the molecule is Cc1ccc(C(=O)N2CCC(C(=O)O)C(C)C2)cc1I. The van der Waals surface area contributed by atoms with E-state index in [1.165, 1.54) is 0 Å². The van der Waals surface area contributed by atoms with E-state index in [4.69, 9.17) is 5.11 Å². The van der Waals surface area contributed by atoms with Crippen molar-refractivity contribution in [1.29, 1.82) is 0 Å². The van der Waals surface area contributed by atoms with Crippen LogP contribution in [0.15, 0.2) is 18.2 Å². The van der Waals surface area contributed by atoms with E-state index in [2.05, 4.69) is 22.6 Å². The van der Waals surface area contributed by atoms with Crippen molar-refractivity contribution in [3.05, 3.63) is 32.9 Å². The van der Waals surface area contributed by atoms with Gasteiger partial charge in [-0.2, -0.15) is 0 Å². The number of piperidine rings is 1. The first kappa shape index (κ1) is 15.3. The quantitative estimate of drug-likeness (QED) is 0.795. The Morgan fingerprint density at radius 3 is 2.65 bits per heavy atom. The molecule has 2 unspecified atom stereocenters. The van der Waals surface area contributed by atoms with Crippen LogP contribution in [0.5, 0.6) is 0 Å². The van der Waals surface area contributed by atoms with Crippen LogP contribution in [0.2, 0.25) is 0 Å². The van der Waals surface area contributed by atoms with Gasteiger partial charge in [-0.1, -0.05) is 13.0 Å². The highest BCUT2D eigenvalue weighted by Gasteiger charge is 2.33. The molecule has 1 aliphatic heterocycles. The Bertz CT molecular complexity index is 544. The van der Waals surface area contributed by atoms with Gasteiger partial charge in [0.2, 0.25) is 0 Å². The van der Waals surface area contributed by atoms with Crippen molar-refractivity contribution in [1.82, 2.24) is 4.90 Å². The number of carbonyl (C=O) groups is 2. The summed E-state index contributed by atoms with van der Waals surface area (Å²) in [4.78, 5) is 25.3. The largest absolute Gasteiger partial charge is 0.481 e. The maximum Gasteiger partial charge on any atom is 0.306 e. The van der Waals surface area contributed by atoms with Crippen LogP contribution in [0.25, 0.3) is 0 Å². The summed E-state index contributed by atoms with van der Waals surface area (Å²) in [5.74, 6) is -1.10. The minimum atomic E-state index is -0.755. The van der Waals surface area contributed by atoms with Crippen LogP contribution in [0.4, 0.5) is 0 Å². The molecule has 1 aliphatic rings. The predicted octanol–water partition coefficient (Wildman–Crippen LogP) is 2.78. The van der Waals surface area contributed by atoms with Crippen LogP contribution >= 0.6 is 22.6 Å². The van der Waals surface area contributed by atoms with Crippen molar-refractivity contribution in [2.45, 2.75) is 20.3 Å². The summed E-state index contributed by atoms with van der Waals surface area (Å²) in [5.41, 5.74) is 1.83. The summed E-state index contributed by atoms with van der Waals surface area (Å²) in [5, 5.41) is 9.11. The molecule has 0 saturated carbocycles. The molecule has 0 aliphatic carbocycles. The maximum atomic E-state index is 12.5. The van der Waals surface area contributed by atoms with Gasteiger partial charge in [0.15, 0.2) is 0 Å². The van der Waals surface area contributed by atoms with Crippen LogP contribution in [-0.2, 0) is 4.79 Å². The lowest BCUT2D eigenvalue weighted by Crippen LogP contribution is -2.45. The zero-order valence-electron chi connectivity index (χ0n) is 11.6. The number of hydrogen-bond donors (Lipinski definition) is 1. The summed E-state index contributed by atoms with van der Waals surface area (Å²) in [7, 11) is 0. The number of carboxylic acid groups (broad SMARTS) is 1. The van der Waals surface area contributed by atoms with Gasteiger partial charge in [-0.3, -0.25) is 9.59 Å². The van der Waals surface area contributed by atoms with Gasteiger partial charge in [-0.05, 0) is 59.5 Å². The molecule has 0 bridgehead atoms. The molecular weight excluding hydrogens is 369 g/mol. The topological polar surface area (TPSA) is 57.6 Å². The monoisotopic (exact) mass is 387 g/mol. The Hall–Kier alpha value is -1.11. The van der Waals surface area contributed by atoms with Crippen molar-refractivity contribution < 1.29 is 14.7 Å². The normalized spacial score (nSPS) is 22.6. The van der Waals surface area contributed by atoms with Gasteiger partial charge in [0.1, 0.15) is 0 Å². The van der Waals surface area contributed by atoms with E-state index < -0.39 is 5.97 Å². The van der Waals surface area contributed by atoms with Crippen molar-refractivity contribution in [3.63, 3.8) is 0 Å². The summed E-state index contributed by atoms with van der Waals surface area (Å²) < 4.78 is 1.07. The summed E-state index contributed by atoms with van der Waals surface area (Å²) in [6, 6.07) is 5.68. The number of halogens is 1. The highest BCUT2D eigenvalue weighted by Crippen LogP contribution is 2.25. The average Bonchev–Trinajstić information content (AvgIpc) is 2.40. The van der Waals surface area contributed by atoms with Gasteiger partial charge < -0.3 is 10.0 Å². The Labute approximate surface area is 132 Å². The lowest BCUT2D eigenvalue weighted by molar-refractivity contribution is -0.145. The predicted molar refractivity (Wildman–Crippen MR) is 84.7 cm³/mol. The fourth-order valence-corrected chi connectivity index (χ4v) is 3.12. The number of likely N-dealkylation sites (tertiary alicyclic amines) is 1. The molecule has 108 valence electrons. The molecule has 1 aromatic rings. The van der Waals surface area contributed by atoms with E-state index in [9.17, 15) is 9.59 Å². The summed E-state index contributed by atoms with van der Waals surface area (Å²) in [6.07, 6.45) is 0.533. The molecule has 2 atom stereocenters. The number of carboxylic acids is 1. The molecule has 1 saturated heterocycles. The first-order valence-corrected chi connectivity index (χ1v) is 7.76. The second-order valence-corrected chi connectivity index (χ2v) is 6.59. The summed E-state index contributed by atoms with van der Waals surface area (Å²) >= 11 is 2.22. The molecule has 1 N–H and O–H groups in total. The molecule has 4 nitrogen and oxygen atoms in total. The van der Waals surface area contributed by atoms with E-state index >= 15 is 0 Å². The number of aliphatic carboxylic acids is 1. The number of nitrogens with zero attached hydrogens (tertiary/aromatic N) is 1. The van der Waals surface area contributed by atoms with Crippen LogP contribution in [0.3, 0.4) is 0 Å². The smallest absolute Gasteiger partial charge is 0.306 e. The average molecular weight is 387 g/mol. The Morgan fingerprint density at radius 2 is 2.10 bits per heavy atom. The number of rotatable bonds is 2. The Kier molecular flexibility index (Phi) is 4.67. The Balaban J connectivity index is 2.11. The standard InChI is InChI=1S/C15H18INO3/c1-9-3-4-11(7-13(9)16)14(18)17-6-5-12(15(19)20)10(2)8-17/h3-4,7,10,12H,5-6,8H2,1-2H3,(H,19,20). The molecule has 1 heterocycles. The van der Waals surface area contributed by atoms with E-state index in [-0.39, 0.29) is 17.7 Å². The molecule has 1 amide bonds. The van der Waals surface area contributed by atoms with E-state index in [1.54, 1.807) is 4.90 Å². The van der Waals surface area contributed by atoms with Crippen molar-refractivity contribution >= 4 is 34.5 Å². The molecule has 2 rings (SSSR count). The van der Waals surface area contributed by atoms with Crippen molar-refractivity contribution in [2.75, 3.05) is 13.1 Å². The molecule has 0 aromatic heterocycles. The molecule has 0 radical (unpaired) electrons. The minimum absolute atomic E-state index is 0.00129. The van der Waals surface area contributed by atoms with Gasteiger partial charge in [0, 0.05) is 22.2 Å². The summed E-state index contributed by atoms with van der Waals surface area (Å²) in [6.45, 7) is 4.94. The molecular formula is C15H18INO3. The molecule has 5 heteroatoms. The van der Waals surface area contributed by atoms with Gasteiger partial charge in [-0.15, -0.1) is 0 Å². The van der Waals surface area contributed by atoms with E-state index in [0.717, 1.165) is 9.13 Å². The number of hydrogen-bond acceptors (Lipinski definition) is 2. The van der Waals surface area contributed by atoms with Crippen LogP contribution < -0.4 is 0 Å². The first-order chi connectivity index (χ1) is 9.40. The number of carbonyl (C=O) groups excluding carboxylic acids is 1. The first-order valence-electron chi connectivity index (χ1n) is 6.68. The number of amides is 1. The second kappa shape index (κ2) is 6.11. The Morgan fingerprint density at radius 1 is 1.40 bits per heavy atom. The fraction of sp³-hybridized carbons (Fsp3) is 0.467. The molecule has 1 aromatic carbocycles. The third-order valence-corrected chi connectivity index (χ3v) is 5.09. The highest BCUT2D eigenvalue weighted by molar-refractivity contribution is 14.1. The van der Waals surface area contributed by atoms with Crippen molar-refractivity contribution in [3.8, 4) is 0 Å². The lowest BCUT2D eigenvalue weighted by Gasteiger charge is -2.35. The van der Waals surface area contributed by atoms with Crippen LogP contribution in [0, 0.1) is 22.3 Å². The van der Waals surface area contributed by atoms with Gasteiger partial charge in [0.05, 0.1) is 5.92 Å². The molecule has 0 spiro atoms. The van der Waals surface area contributed by atoms with Crippen molar-refractivity contribution in [2.24, 2.45) is 11.8 Å². The third kappa shape index (κ3) is 3.13. The van der Waals surface area contributed by atoms with E-state index in [0.29, 0.717) is 25.1 Å². The molecule has 1 fully saturated rings.